The van der Waals surface area contributed by atoms with E-state index < -0.39 is 9.84 Å². The number of amides is 1. The fourth-order valence-electron chi connectivity index (χ4n) is 3.55. The zero-order valence-electron chi connectivity index (χ0n) is 15.6. The molecule has 27 heavy (non-hydrogen) atoms. The number of carbonyl (C=O) groups excluding carboxylic acids is 1. The van der Waals surface area contributed by atoms with Crippen molar-refractivity contribution in [1.82, 2.24) is 14.9 Å². The van der Waals surface area contributed by atoms with Gasteiger partial charge in [-0.1, -0.05) is 18.2 Å². The van der Waals surface area contributed by atoms with E-state index in [9.17, 15) is 13.2 Å². The number of para-hydroxylation sites is 1. The van der Waals surface area contributed by atoms with Gasteiger partial charge in [-0.15, -0.1) is 0 Å². The summed E-state index contributed by atoms with van der Waals surface area (Å²) in [6.07, 6.45) is 5.01. The topological polar surface area (TPSA) is 89.5 Å². The van der Waals surface area contributed by atoms with Crippen molar-refractivity contribution in [2.75, 3.05) is 13.4 Å². The lowest BCUT2D eigenvalue weighted by Crippen LogP contribution is -2.44. The summed E-state index contributed by atoms with van der Waals surface area (Å²) in [5.74, 6) is 0.430. The maximum absolute atomic E-state index is 13.3. The highest BCUT2D eigenvalue weighted by atomic mass is 32.2. The number of rotatable bonds is 4. The molecule has 8 heteroatoms. The van der Waals surface area contributed by atoms with Gasteiger partial charge < -0.3 is 9.64 Å². The summed E-state index contributed by atoms with van der Waals surface area (Å²) in [6.45, 7) is 2.00. The van der Waals surface area contributed by atoms with Gasteiger partial charge in [0.25, 0.3) is 5.91 Å². The summed E-state index contributed by atoms with van der Waals surface area (Å²) in [4.78, 5) is 22.8. The molecule has 0 saturated carbocycles. The molecule has 2 atom stereocenters. The van der Waals surface area contributed by atoms with E-state index in [1.54, 1.807) is 12.0 Å². The van der Waals surface area contributed by atoms with Crippen molar-refractivity contribution in [3.63, 3.8) is 0 Å². The first-order valence-corrected chi connectivity index (χ1v) is 10.7. The standard InChI is InChI=1S/C19H23N3O4S/c1-13-7-6-9-16(14-8-4-5-10-17(14)26-2)22(13)18(23)15-11-12-20-19(21-15)27(3,24)25/h4-5,8,10-13,16H,6-7,9H2,1-3H3/t13-,16-/m1/s1. The van der Waals surface area contributed by atoms with Crippen molar-refractivity contribution in [2.45, 2.75) is 43.4 Å². The molecule has 0 aliphatic carbocycles. The molecule has 0 N–H and O–H groups in total. The number of methoxy groups -OCH3 is 1. The number of ether oxygens (including phenoxy) is 1. The number of hydrogen-bond donors (Lipinski definition) is 0. The van der Waals surface area contributed by atoms with E-state index in [0.717, 1.165) is 36.8 Å². The van der Waals surface area contributed by atoms with E-state index in [4.69, 9.17) is 4.74 Å². The molecule has 2 heterocycles. The Morgan fingerprint density at radius 2 is 1.96 bits per heavy atom. The van der Waals surface area contributed by atoms with Gasteiger partial charge >= 0.3 is 0 Å². The molecule has 7 nitrogen and oxygen atoms in total. The average Bonchev–Trinajstić information content (AvgIpc) is 2.66. The summed E-state index contributed by atoms with van der Waals surface area (Å²) >= 11 is 0. The maximum Gasteiger partial charge on any atom is 0.273 e. The van der Waals surface area contributed by atoms with Crippen LogP contribution in [0, 0.1) is 0 Å². The predicted molar refractivity (Wildman–Crippen MR) is 100 cm³/mol. The zero-order valence-corrected chi connectivity index (χ0v) is 16.4. The molecule has 144 valence electrons. The van der Waals surface area contributed by atoms with E-state index in [1.807, 2.05) is 31.2 Å². The van der Waals surface area contributed by atoms with Crippen LogP contribution in [-0.4, -0.2) is 48.6 Å². The van der Waals surface area contributed by atoms with E-state index >= 15 is 0 Å². The molecule has 1 saturated heterocycles. The Hall–Kier alpha value is -2.48. The SMILES string of the molecule is COc1ccccc1[C@H]1CCC[C@@H](C)N1C(=O)c1ccnc(S(C)(=O)=O)n1. The van der Waals surface area contributed by atoms with Crippen molar-refractivity contribution < 1.29 is 17.9 Å². The molecule has 1 amide bonds. The highest BCUT2D eigenvalue weighted by Gasteiger charge is 2.35. The van der Waals surface area contributed by atoms with Crippen molar-refractivity contribution >= 4 is 15.7 Å². The molecule has 0 unspecified atom stereocenters. The van der Waals surface area contributed by atoms with Crippen LogP contribution in [0.4, 0.5) is 0 Å². The van der Waals surface area contributed by atoms with Gasteiger partial charge in [0, 0.05) is 24.1 Å². The molecule has 0 spiro atoms. The second kappa shape index (κ2) is 7.64. The minimum absolute atomic E-state index is 0.00203. The molecular weight excluding hydrogens is 366 g/mol. The monoisotopic (exact) mass is 389 g/mol. The molecule has 1 aliphatic heterocycles. The number of aromatic nitrogens is 2. The second-order valence-electron chi connectivity index (χ2n) is 6.75. The summed E-state index contributed by atoms with van der Waals surface area (Å²) in [5.41, 5.74) is 1.02. The Bertz CT molecular complexity index is 945. The average molecular weight is 389 g/mol. The maximum atomic E-state index is 13.3. The van der Waals surface area contributed by atoms with Crippen molar-refractivity contribution in [3.05, 3.63) is 47.8 Å². The van der Waals surface area contributed by atoms with Gasteiger partial charge in [-0.3, -0.25) is 4.79 Å². The van der Waals surface area contributed by atoms with Crippen LogP contribution in [0.25, 0.3) is 0 Å². The summed E-state index contributed by atoms with van der Waals surface area (Å²) in [7, 11) is -1.98. The number of carbonyl (C=O) groups is 1. The summed E-state index contributed by atoms with van der Waals surface area (Å²) < 4.78 is 29.0. The third-order valence-electron chi connectivity index (χ3n) is 4.83. The Morgan fingerprint density at radius 3 is 2.67 bits per heavy atom. The van der Waals surface area contributed by atoms with Gasteiger partial charge in [0.1, 0.15) is 11.4 Å². The van der Waals surface area contributed by atoms with E-state index in [0.29, 0.717) is 0 Å². The van der Waals surface area contributed by atoms with Crippen LogP contribution < -0.4 is 4.74 Å². The molecule has 0 radical (unpaired) electrons. The van der Waals surface area contributed by atoms with Crippen LogP contribution in [0.3, 0.4) is 0 Å². The molecule has 3 rings (SSSR count). The Labute approximate surface area is 159 Å². The first kappa shape index (κ1) is 19.3. The van der Waals surface area contributed by atoms with Crippen molar-refractivity contribution in [1.29, 1.82) is 0 Å². The molecule has 1 fully saturated rings. The highest BCUT2D eigenvalue weighted by Crippen LogP contribution is 2.39. The van der Waals surface area contributed by atoms with Crippen LogP contribution in [0.5, 0.6) is 5.75 Å². The number of benzene rings is 1. The quantitative estimate of drug-likeness (QED) is 0.747. The highest BCUT2D eigenvalue weighted by molar-refractivity contribution is 7.90. The van der Waals surface area contributed by atoms with Crippen molar-refractivity contribution in [3.8, 4) is 5.75 Å². The van der Waals surface area contributed by atoms with Gasteiger partial charge in [0.2, 0.25) is 15.0 Å². The lowest BCUT2D eigenvalue weighted by atomic mass is 9.90. The molecule has 1 aromatic heterocycles. The number of hydrogen-bond acceptors (Lipinski definition) is 6. The lowest BCUT2D eigenvalue weighted by Gasteiger charge is -2.41. The number of nitrogens with zero attached hydrogens (tertiary/aromatic N) is 3. The lowest BCUT2D eigenvalue weighted by molar-refractivity contribution is 0.0466. The largest absolute Gasteiger partial charge is 0.496 e. The van der Waals surface area contributed by atoms with E-state index in [2.05, 4.69) is 9.97 Å². The molecule has 1 aliphatic rings. The molecular formula is C19H23N3O4S. The van der Waals surface area contributed by atoms with Crippen LogP contribution in [0.15, 0.2) is 41.7 Å². The zero-order chi connectivity index (χ0) is 19.6. The summed E-state index contributed by atoms with van der Waals surface area (Å²) in [6, 6.07) is 8.95. The van der Waals surface area contributed by atoms with Crippen LogP contribution in [0.2, 0.25) is 0 Å². The van der Waals surface area contributed by atoms with Gasteiger partial charge in [-0.25, -0.2) is 18.4 Å². The molecule has 0 bridgehead atoms. The summed E-state index contributed by atoms with van der Waals surface area (Å²) in [5, 5.41) is -0.341. The first-order valence-electron chi connectivity index (χ1n) is 8.81. The third-order valence-corrected chi connectivity index (χ3v) is 5.69. The van der Waals surface area contributed by atoms with Crippen LogP contribution >= 0.6 is 0 Å². The van der Waals surface area contributed by atoms with Crippen LogP contribution in [-0.2, 0) is 9.84 Å². The smallest absolute Gasteiger partial charge is 0.273 e. The van der Waals surface area contributed by atoms with Crippen molar-refractivity contribution in [2.24, 2.45) is 0 Å². The Balaban J connectivity index is 2.02. The van der Waals surface area contributed by atoms with Gasteiger partial charge in [0.15, 0.2) is 0 Å². The normalized spacial score (nSPS) is 20.3. The van der Waals surface area contributed by atoms with Gasteiger partial charge in [-0.2, -0.15) is 0 Å². The third kappa shape index (κ3) is 3.95. The first-order chi connectivity index (χ1) is 12.8. The van der Waals surface area contributed by atoms with Gasteiger partial charge in [0.05, 0.1) is 13.2 Å². The van der Waals surface area contributed by atoms with Gasteiger partial charge in [-0.05, 0) is 38.3 Å². The fraction of sp³-hybridized carbons (Fsp3) is 0.421. The minimum Gasteiger partial charge on any atom is -0.496 e. The molecule has 1 aromatic carbocycles. The van der Waals surface area contributed by atoms with E-state index in [1.165, 1.54) is 12.3 Å². The fourth-order valence-corrected chi connectivity index (χ4v) is 4.07. The van der Waals surface area contributed by atoms with E-state index in [-0.39, 0.29) is 28.8 Å². The van der Waals surface area contributed by atoms with Crippen LogP contribution in [0.1, 0.15) is 48.3 Å². The Morgan fingerprint density at radius 1 is 1.22 bits per heavy atom. The predicted octanol–water partition coefficient (Wildman–Crippen LogP) is 2.64. The number of piperidine rings is 1. The Kier molecular flexibility index (Phi) is 5.46. The second-order valence-corrected chi connectivity index (χ2v) is 8.66. The molecule has 2 aromatic rings. The minimum atomic E-state index is -3.59. The number of sulfone groups is 1. The number of likely N-dealkylation sites (tertiary alicyclic amines) is 1.